The molecule has 1 aliphatic rings. The van der Waals surface area contributed by atoms with Crippen molar-refractivity contribution in [2.24, 2.45) is 0 Å². The lowest BCUT2D eigenvalue weighted by atomic mass is 10.2. The van der Waals surface area contributed by atoms with Crippen LogP contribution in [0.2, 0.25) is 0 Å². The van der Waals surface area contributed by atoms with Crippen LogP contribution in [-0.2, 0) is 21.2 Å². The van der Waals surface area contributed by atoms with E-state index in [1.807, 2.05) is 13.0 Å². The van der Waals surface area contributed by atoms with Gasteiger partial charge in [-0.2, -0.15) is 0 Å². The molecule has 0 aliphatic carbocycles. The van der Waals surface area contributed by atoms with Crippen molar-refractivity contribution in [1.82, 2.24) is 25.1 Å². The van der Waals surface area contributed by atoms with Gasteiger partial charge in [-0.25, -0.2) is 13.1 Å². The first-order chi connectivity index (χ1) is 13.0. The lowest BCUT2D eigenvalue weighted by Gasteiger charge is -2.28. The first-order valence-electron chi connectivity index (χ1n) is 8.89. The molecule has 0 radical (unpaired) electrons. The van der Waals surface area contributed by atoms with Gasteiger partial charge in [-0.3, -0.25) is 4.79 Å². The number of aromatic nitrogens is 4. The van der Waals surface area contributed by atoms with Gasteiger partial charge in [0.05, 0.1) is 23.5 Å². The van der Waals surface area contributed by atoms with Crippen LogP contribution in [0.5, 0.6) is 0 Å². The quantitative estimate of drug-likeness (QED) is 0.564. The SMILES string of the molecule is CCCCN(C(=O)CSc1nnnn1Cc1ccco1)C1CCS(=O)(=O)C1. The van der Waals surface area contributed by atoms with Gasteiger partial charge in [-0.15, -0.1) is 5.10 Å². The molecule has 3 heterocycles. The molecule has 2 aromatic heterocycles. The number of tetrazole rings is 1. The molecule has 0 aromatic carbocycles. The molecule has 27 heavy (non-hydrogen) atoms. The first-order valence-corrected chi connectivity index (χ1v) is 11.7. The number of sulfone groups is 1. The maximum Gasteiger partial charge on any atom is 0.233 e. The minimum atomic E-state index is -3.04. The lowest BCUT2D eigenvalue weighted by molar-refractivity contribution is -0.130. The molecule has 9 nitrogen and oxygen atoms in total. The summed E-state index contributed by atoms with van der Waals surface area (Å²) in [6.45, 7) is 3.01. The fraction of sp³-hybridized carbons (Fsp3) is 0.625. The van der Waals surface area contributed by atoms with Gasteiger partial charge < -0.3 is 9.32 Å². The molecule has 1 aliphatic heterocycles. The molecule has 1 atom stereocenters. The largest absolute Gasteiger partial charge is 0.467 e. The van der Waals surface area contributed by atoms with Crippen LogP contribution in [0.1, 0.15) is 31.9 Å². The fourth-order valence-electron chi connectivity index (χ4n) is 3.02. The number of amides is 1. The maximum atomic E-state index is 12.8. The van der Waals surface area contributed by atoms with E-state index in [0.29, 0.717) is 24.7 Å². The molecule has 0 spiro atoms. The summed E-state index contributed by atoms with van der Waals surface area (Å²) in [4.78, 5) is 14.5. The Labute approximate surface area is 162 Å². The van der Waals surface area contributed by atoms with E-state index in [0.717, 1.165) is 18.6 Å². The molecule has 1 saturated heterocycles. The van der Waals surface area contributed by atoms with Crippen LogP contribution in [0.4, 0.5) is 0 Å². The Morgan fingerprint density at radius 2 is 2.33 bits per heavy atom. The molecular weight excluding hydrogens is 390 g/mol. The normalized spacial score (nSPS) is 18.6. The second-order valence-corrected chi connectivity index (χ2v) is 9.66. The summed E-state index contributed by atoms with van der Waals surface area (Å²) in [5.41, 5.74) is 0. The second-order valence-electron chi connectivity index (χ2n) is 6.48. The van der Waals surface area contributed by atoms with Crippen molar-refractivity contribution >= 4 is 27.5 Å². The van der Waals surface area contributed by atoms with E-state index in [4.69, 9.17) is 4.42 Å². The highest BCUT2D eigenvalue weighted by atomic mass is 32.2. The summed E-state index contributed by atoms with van der Waals surface area (Å²) in [6, 6.07) is 3.39. The fourth-order valence-corrected chi connectivity index (χ4v) is 5.51. The van der Waals surface area contributed by atoms with Gasteiger partial charge in [0.1, 0.15) is 12.3 Å². The number of carbonyl (C=O) groups is 1. The Morgan fingerprint density at radius 1 is 1.48 bits per heavy atom. The number of hydrogen-bond acceptors (Lipinski definition) is 8. The van der Waals surface area contributed by atoms with E-state index >= 15 is 0 Å². The third-order valence-corrected chi connectivity index (χ3v) is 7.12. The van der Waals surface area contributed by atoms with Crippen molar-refractivity contribution in [3.63, 3.8) is 0 Å². The summed E-state index contributed by atoms with van der Waals surface area (Å²) in [7, 11) is -3.04. The van der Waals surface area contributed by atoms with Crippen LogP contribution in [0.25, 0.3) is 0 Å². The van der Waals surface area contributed by atoms with Crippen molar-refractivity contribution < 1.29 is 17.6 Å². The highest BCUT2D eigenvalue weighted by Crippen LogP contribution is 2.21. The van der Waals surface area contributed by atoms with Crippen molar-refractivity contribution in [3.8, 4) is 0 Å². The third kappa shape index (κ3) is 5.32. The topological polar surface area (TPSA) is 111 Å². The van der Waals surface area contributed by atoms with E-state index in [-0.39, 0.29) is 29.2 Å². The van der Waals surface area contributed by atoms with E-state index < -0.39 is 9.84 Å². The summed E-state index contributed by atoms with van der Waals surface area (Å²) in [6.07, 6.45) is 3.89. The van der Waals surface area contributed by atoms with E-state index in [1.54, 1.807) is 21.9 Å². The van der Waals surface area contributed by atoms with Crippen molar-refractivity contribution in [2.75, 3.05) is 23.8 Å². The predicted molar refractivity (Wildman–Crippen MR) is 100 cm³/mol. The van der Waals surface area contributed by atoms with Crippen LogP contribution in [0.3, 0.4) is 0 Å². The standard InChI is InChI=1S/C16H23N5O4S2/c1-2-3-7-20(13-6-9-27(23,24)12-13)15(22)11-26-16-17-18-19-21(16)10-14-5-4-8-25-14/h4-5,8,13H,2-3,6-7,9-12H2,1H3. The summed E-state index contributed by atoms with van der Waals surface area (Å²) >= 11 is 1.25. The highest BCUT2D eigenvalue weighted by molar-refractivity contribution is 7.99. The number of carbonyl (C=O) groups excluding carboxylic acids is 1. The number of thioether (sulfide) groups is 1. The maximum absolute atomic E-state index is 12.8. The molecule has 1 fully saturated rings. The van der Waals surface area contributed by atoms with Crippen molar-refractivity contribution in [3.05, 3.63) is 24.2 Å². The van der Waals surface area contributed by atoms with Crippen LogP contribution in [0, 0.1) is 0 Å². The number of furan rings is 1. The second kappa shape index (κ2) is 8.87. The molecule has 1 amide bonds. The van der Waals surface area contributed by atoms with E-state index in [1.165, 1.54) is 11.8 Å². The number of nitrogens with zero attached hydrogens (tertiary/aromatic N) is 5. The van der Waals surface area contributed by atoms with Crippen LogP contribution >= 0.6 is 11.8 Å². The molecule has 0 saturated carbocycles. The first kappa shape index (κ1) is 19.9. The van der Waals surface area contributed by atoms with Gasteiger partial charge >= 0.3 is 0 Å². The van der Waals surface area contributed by atoms with Crippen LogP contribution in [-0.4, -0.2) is 69.3 Å². The molecule has 1 unspecified atom stereocenters. The van der Waals surface area contributed by atoms with Gasteiger partial charge in [0.25, 0.3) is 0 Å². The van der Waals surface area contributed by atoms with Crippen LogP contribution < -0.4 is 0 Å². The highest BCUT2D eigenvalue weighted by Gasteiger charge is 2.34. The van der Waals surface area contributed by atoms with E-state index in [9.17, 15) is 13.2 Å². The monoisotopic (exact) mass is 413 g/mol. The third-order valence-electron chi connectivity index (χ3n) is 4.43. The summed E-state index contributed by atoms with van der Waals surface area (Å²) in [5, 5.41) is 12.1. The lowest BCUT2D eigenvalue weighted by Crippen LogP contribution is -2.42. The Kier molecular flexibility index (Phi) is 6.53. The predicted octanol–water partition coefficient (Wildman–Crippen LogP) is 1.22. The van der Waals surface area contributed by atoms with E-state index in [2.05, 4.69) is 15.5 Å². The molecule has 0 N–H and O–H groups in total. The Morgan fingerprint density at radius 3 is 3.00 bits per heavy atom. The molecule has 0 bridgehead atoms. The number of hydrogen-bond donors (Lipinski definition) is 0. The van der Waals surface area contributed by atoms with Crippen molar-refractivity contribution in [2.45, 2.75) is 43.9 Å². The summed E-state index contributed by atoms with van der Waals surface area (Å²) < 4.78 is 30.5. The van der Waals surface area contributed by atoms with Gasteiger partial charge in [0.2, 0.25) is 11.1 Å². The number of rotatable bonds is 9. The van der Waals surface area contributed by atoms with Gasteiger partial charge in [0.15, 0.2) is 9.84 Å². The Hall–Kier alpha value is -1.88. The minimum absolute atomic E-state index is 0.0589. The van der Waals surface area contributed by atoms with Gasteiger partial charge in [-0.05, 0) is 35.4 Å². The van der Waals surface area contributed by atoms with Gasteiger partial charge in [0, 0.05) is 12.6 Å². The average Bonchev–Trinajstić information content (AvgIpc) is 3.36. The van der Waals surface area contributed by atoms with Crippen LogP contribution in [0.15, 0.2) is 28.0 Å². The average molecular weight is 414 g/mol. The molecule has 11 heteroatoms. The Bertz CT molecular complexity index is 850. The minimum Gasteiger partial charge on any atom is -0.467 e. The van der Waals surface area contributed by atoms with Gasteiger partial charge in [-0.1, -0.05) is 25.1 Å². The molecule has 3 rings (SSSR count). The zero-order valence-electron chi connectivity index (χ0n) is 15.2. The zero-order chi connectivity index (χ0) is 19.3. The van der Waals surface area contributed by atoms with Crippen molar-refractivity contribution in [1.29, 1.82) is 0 Å². The Balaban J connectivity index is 1.62. The smallest absolute Gasteiger partial charge is 0.233 e. The molecule has 148 valence electrons. The number of unbranched alkanes of at least 4 members (excludes halogenated alkanes) is 1. The zero-order valence-corrected chi connectivity index (χ0v) is 16.8. The molecular formula is C16H23N5O4S2. The summed E-state index contributed by atoms with van der Waals surface area (Å²) in [5.74, 6) is 1.02. The molecule has 2 aromatic rings.